The van der Waals surface area contributed by atoms with Gasteiger partial charge in [0.1, 0.15) is 10.7 Å². The lowest BCUT2D eigenvalue weighted by atomic mass is 9.75. The Hall–Kier alpha value is -1.53. The molecule has 1 aromatic heterocycles. The molecular formula is C15H22N4OS. The molecular weight excluding hydrogens is 284 g/mol. The maximum Gasteiger partial charge on any atom is 0.272 e. The summed E-state index contributed by atoms with van der Waals surface area (Å²) in [7, 11) is 5.98. The van der Waals surface area contributed by atoms with Crippen LogP contribution in [0.2, 0.25) is 0 Å². The first-order chi connectivity index (χ1) is 9.85. The first-order valence-corrected chi connectivity index (χ1v) is 7.45. The van der Waals surface area contributed by atoms with Crippen molar-refractivity contribution < 1.29 is 4.79 Å². The van der Waals surface area contributed by atoms with Gasteiger partial charge in [0.2, 0.25) is 0 Å². The highest BCUT2D eigenvalue weighted by molar-refractivity contribution is 7.80. The summed E-state index contributed by atoms with van der Waals surface area (Å²) in [6.45, 7) is 0.720. The van der Waals surface area contributed by atoms with Crippen molar-refractivity contribution in [3.63, 3.8) is 0 Å². The Kier molecular flexibility index (Phi) is 4.58. The van der Waals surface area contributed by atoms with E-state index >= 15 is 0 Å². The fraction of sp³-hybridized carbons (Fsp3) is 0.533. The molecule has 0 saturated heterocycles. The minimum Gasteiger partial charge on any atom is -0.389 e. The molecule has 2 N–H and O–H groups in total. The Morgan fingerprint density at radius 2 is 2.05 bits per heavy atom. The number of hydrogen-bond acceptors (Lipinski definition) is 4. The molecule has 0 atom stereocenters. The van der Waals surface area contributed by atoms with E-state index in [0.29, 0.717) is 11.3 Å². The number of nitrogens with zero attached hydrogens (tertiary/aromatic N) is 3. The van der Waals surface area contributed by atoms with Crippen molar-refractivity contribution in [2.45, 2.75) is 24.8 Å². The summed E-state index contributed by atoms with van der Waals surface area (Å²) in [6, 6.07) is 3.41. The lowest BCUT2D eigenvalue weighted by molar-refractivity contribution is 0.0250. The summed E-state index contributed by atoms with van der Waals surface area (Å²) in [6.07, 6.45) is 5.03. The third-order valence-corrected chi connectivity index (χ3v) is 4.61. The van der Waals surface area contributed by atoms with Crippen molar-refractivity contribution in [3.05, 3.63) is 29.6 Å². The monoisotopic (exact) mass is 306 g/mol. The smallest absolute Gasteiger partial charge is 0.272 e. The molecule has 0 radical (unpaired) electrons. The number of hydrogen-bond donors (Lipinski definition) is 1. The van der Waals surface area contributed by atoms with E-state index in [4.69, 9.17) is 18.0 Å². The molecule has 2 rings (SSSR count). The van der Waals surface area contributed by atoms with Crippen LogP contribution in [0.1, 0.15) is 35.3 Å². The van der Waals surface area contributed by atoms with Gasteiger partial charge in [-0.2, -0.15) is 0 Å². The van der Waals surface area contributed by atoms with E-state index in [1.165, 1.54) is 6.42 Å². The molecule has 0 aromatic carbocycles. The van der Waals surface area contributed by atoms with Gasteiger partial charge in [-0.25, -0.2) is 0 Å². The molecule has 0 aliphatic heterocycles. The normalized spacial score (nSPS) is 16.4. The summed E-state index contributed by atoms with van der Waals surface area (Å²) in [5.41, 5.74) is 6.74. The van der Waals surface area contributed by atoms with Gasteiger partial charge in [0.15, 0.2) is 0 Å². The van der Waals surface area contributed by atoms with Crippen LogP contribution >= 0.6 is 12.2 Å². The van der Waals surface area contributed by atoms with E-state index in [0.717, 1.165) is 19.4 Å². The minimum atomic E-state index is -0.0717. The Labute approximate surface area is 131 Å². The number of thiocarbonyl (C=S) groups is 1. The molecule has 114 valence electrons. The topological polar surface area (TPSA) is 62.5 Å². The first-order valence-electron chi connectivity index (χ1n) is 7.04. The van der Waals surface area contributed by atoms with Crippen LogP contribution in [0.25, 0.3) is 0 Å². The number of carbonyl (C=O) groups is 1. The van der Waals surface area contributed by atoms with Gasteiger partial charge in [-0.05, 0) is 45.5 Å². The van der Waals surface area contributed by atoms with Gasteiger partial charge in [0, 0.05) is 30.9 Å². The highest BCUT2D eigenvalue weighted by Crippen LogP contribution is 2.36. The number of amides is 1. The molecule has 5 nitrogen and oxygen atoms in total. The first kappa shape index (κ1) is 15.9. The van der Waals surface area contributed by atoms with Crippen LogP contribution in [0.3, 0.4) is 0 Å². The molecule has 1 aromatic rings. The quantitative estimate of drug-likeness (QED) is 0.830. The van der Waals surface area contributed by atoms with Gasteiger partial charge in [-0.3, -0.25) is 9.78 Å². The number of rotatable bonds is 5. The third-order valence-electron chi connectivity index (χ3n) is 4.38. The summed E-state index contributed by atoms with van der Waals surface area (Å²) < 4.78 is 0. The molecule has 1 saturated carbocycles. The lowest BCUT2D eigenvalue weighted by Gasteiger charge is -2.49. The lowest BCUT2D eigenvalue weighted by Crippen LogP contribution is -2.57. The Morgan fingerprint density at radius 1 is 1.38 bits per heavy atom. The van der Waals surface area contributed by atoms with Crippen LogP contribution in [-0.2, 0) is 0 Å². The van der Waals surface area contributed by atoms with Crippen molar-refractivity contribution >= 4 is 23.1 Å². The minimum absolute atomic E-state index is 0.0717. The Bertz CT molecular complexity index is 537. The summed E-state index contributed by atoms with van der Waals surface area (Å²) >= 11 is 4.88. The average Bonchev–Trinajstić information content (AvgIpc) is 2.41. The number of pyridine rings is 1. The standard InChI is InChI=1S/C15H22N4OS/c1-18(2)15(7-4-8-15)10-19(3)14(20)12-6-5-11(9-17-12)13(16)21/h5-6,9H,4,7-8,10H2,1-3H3,(H2,16,21). The molecule has 1 aliphatic carbocycles. The van der Waals surface area contributed by atoms with Crippen LogP contribution in [0.4, 0.5) is 0 Å². The van der Waals surface area contributed by atoms with Crippen molar-refractivity contribution in [1.82, 2.24) is 14.8 Å². The molecule has 6 heteroatoms. The highest BCUT2D eigenvalue weighted by Gasteiger charge is 2.40. The van der Waals surface area contributed by atoms with Crippen molar-refractivity contribution in [2.24, 2.45) is 5.73 Å². The van der Waals surface area contributed by atoms with Crippen molar-refractivity contribution in [3.8, 4) is 0 Å². The Morgan fingerprint density at radius 3 is 2.43 bits per heavy atom. The molecule has 0 bridgehead atoms. The predicted octanol–water partition coefficient (Wildman–Crippen LogP) is 1.27. The second kappa shape index (κ2) is 6.07. The predicted molar refractivity (Wildman–Crippen MR) is 87.4 cm³/mol. The molecule has 0 unspecified atom stereocenters. The van der Waals surface area contributed by atoms with Gasteiger partial charge in [-0.15, -0.1) is 0 Å². The van der Waals surface area contributed by atoms with Crippen LogP contribution in [0.15, 0.2) is 18.3 Å². The molecule has 21 heavy (non-hydrogen) atoms. The van der Waals surface area contributed by atoms with Crippen molar-refractivity contribution in [2.75, 3.05) is 27.7 Å². The second-order valence-electron chi connectivity index (χ2n) is 5.93. The highest BCUT2D eigenvalue weighted by atomic mass is 32.1. The fourth-order valence-corrected chi connectivity index (χ4v) is 2.83. The maximum absolute atomic E-state index is 12.4. The maximum atomic E-state index is 12.4. The second-order valence-corrected chi connectivity index (χ2v) is 6.37. The van der Waals surface area contributed by atoms with Crippen LogP contribution in [0, 0.1) is 0 Å². The zero-order chi connectivity index (χ0) is 15.6. The van der Waals surface area contributed by atoms with Crippen LogP contribution in [0.5, 0.6) is 0 Å². The van der Waals surface area contributed by atoms with E-state index in [9.17, 15) is 4.79 Å². The molecule has 1 amide bonds. The number of likely N-dealkylation sites (N-methyl/N-ethyl adjacent to an activating group) is 2. The zero-order valence-electron chi connectivity index (χ0n) is 12.8. The third kappa shape index (κ3) is 3.22. The summed E-state index contributed by atoms with van der Waals surface area (Å²) in [5, 5.41) is 0. The van der Waals surface area contributed by atoms with E-state index in [1.807, 2.05) is 7.05 Å². The van der Waals surface area contributed by atoms with Gasteiger partial charge in [-0.1, -0.05) is 12.2 Å². The molecule has 1 fully saturated rings. The fourth-order valence-electron chi connectivity index (χ4n) is 2.71. The van der Waals surface area contributed by atoms with Crippen molar-refractivity contribution in [1.29, 1.82) is 0 Å². The number of nitrogens with two attached hydrogens (primary N) is 1. The molecule has 1 aliphatic rings. The van der Waals surface area contributed by atoms with E-state index < -0.39 is 0 Å². The number of carbonyl (C=O) groups excluding carboxylic acids is 1. The summed E-state index contributed by atoms with van der Waals surface area (Å²) in [4.78, 5) is 20.9. The van der Waals surface area contributed by atoms with E-state index in [1.54, 1.807) is 23.2 Å². The largest absolute Gasteiger partial charge is 0.389 e. The van der Waals surface area contributed by atoms with E-state index in [2.05, 4.69) is 24.0 Å². The van der Waals surface area contributed by atoms with Gasteiger partial charge in [0.05, 0.1) is 0 Å². The number of aromatic nitrogens is 1. The van der Waals surface area contributed by atoms with Crippen LogP contribution < -0.4 is 5.73 Å². The summed E-state index contributed by atoms with van der Waals surface area (Å²) in [5.74, 6) is -0.0717. The van der Waals surface area contributed by atoms with Gasteiger partial charge >= 0.3 is 0 Å². The van der Waals surface area contributed by atoms with Gasteiger partial charge < -0.3 is 15.5 Å². The molecule has 0 spiro atoms. The van der Waals surface area contributed by atoms with Crippen LogP contribution in [-0.4, -0.2) is 58.9 Å². The SMILES string of the molecule is CN(CC1(N(C)C)CCC1)C(=O)c1ccc(C(N)=S)cn1. The Balaban J connectivity index is 2.07. The average molecular weight is 306 g/mol. The van der Waals surface area contributed by atoms with Gasteiger partial charge in [0.25, 0.3) is 5.91 Å². The molecule has 1 heterocycles. The van der Waals surface area contributed by atoms with E-state index in [-0.39, 0.29) is 16.4 Å². The zero-order valence-corrected chi connectivity index (χ0v) is 13.6.